The third-order valence-electron chi connectivity index (χ3n) is 1.12. The first-order valence-corrected chi connectivity index (χ1v) is 2.89. The van der Waals surface area contributed by atoms with Gasteiger partial charge < -0.3 is 21.7 Å². The summed E-state index contributed by atoms with van der Waals surface area (Å²) >= 11 is 0. The average Bonchev–Trinajstić information content (AvgIpc) is 1.99. The van der Waals surface area contributed by atoms with E-state index in [9.17, 15) is 0 Å². The normalized spacial score (nSPS) is 9.91. The number of nitrogens with zero attached hydrogens (tertiary/aromatic N) is 2. The minimum atomic E-state index is -0.544. The van der Waals surface area contributed by atoms with E-state index in [0.29, 0.717) is 0 Å². The van der Waals surface area contributed by atoms with Crippen LogP contribution in [0.25, 0.3) is 0 Å². The molecule has 0 aliphatic heterocycles. The van der Waals surface area contributed by atoms with Crippen LogP contribution < -0.4 is 11.5 Å². The van der Waals surface area contributed by atoms with Crippen LogP contribution >= 0.6 is 0 Å². The van der Waals surface area contributed by atoms with Crippen molar-refractivity contribution in [3.8, 4) is 11.6 Å². The number of nitrogens with two attached hydrogens (primary N) is 2. The Labute approximate surface area is 62.5 Å². The van der Waals surface area contributed by atoms with Crippen LogP contribution in [-0.2, 0) is 6.54 Å². The molecule has 0 fully saturated rings. The maximum absolute atomic E-state index is 8.89. The third-order valence-corrected chi connectivity index (χ3v) is 1.12. The van der Waals surface area contributed by atoms with Gasteiger partial charge in [-0.15, -0.1) is 0 Å². The van der Waals surface area contributed by atoms with Crippen LogP contribution in [0.1, 0.15) is 5.82 Å². The van der Waals surface area contributed by atoms with E-state index in [1.54, 1.807) is 0 Å². The first kappa shape index (κ1) is 7.55. The molecule has 6 N–H and O–H groups in total. The molecule has 0 aliphatic carbocycles. The van der Waals surface area contributed by atoms with Crippen molar-refractivity contribution < 1.29 is 10.2 Å². The zero-order chi connectivity index (χ0) is 8.43. The Morgan fingerprint density at radius 1 is 1.27 bits per heavy atom. The summed E-state index contributed by atoms with van der Waals surface area (Å²) in [4.78, 5) is 7.03. The number of hydrogen-bond acceptors (Lipinski definition) is 6. The Morgan fingerprint density at radius 3 is 2.36 bits per heavy atom. The van der Waals surface area contributed by atoms with Gasteiger partial charge in [-0.3, -0.25) is 0 Å². The summed E-state index contributed by atoms with van der Waals surface area (Å²) in [5.41, 5.74) is 10.3. The van der Waals surface area contributed by atoms with Crippen molar-refractivity contribution in [1.29, 1.82) is 0 Å². The quantitative estimate of drug-likeness (QED) is 0.411. The van der Waals surface area contributed by atoms with Crippen molar-refractivity contribution in [2.45, 2.75) is 6.54 Å². The molecular weight excluding hydrogens is 148 g/mol. The van der Waals surface area contributed by atoms with Gasteiger partial charge in [-0.25, -0.2) is 4.98 Å². The van der Waals surface area contributed by atoms with Gasteiger partial charge in [-0.2, -0.15) is 4.98 Å². The van der Waals surface area contributed by atoms with Gasteiger partial charge in [-0.1, -0.05) is 0 Å². The average molecular weight is 156 g/mol. The van der Waals surface area contributed by atoms with Crippen LogP contribution in [0.5, 0.6) is 11.6 Å². The van der Waals surface area contributed by atoms with Crippen LogP contribution in [0.2, 0.25) is 0 Å². The number of aromatic nitrogens is 2. The molecule has 0 saturated heterocycles. The molecule has 11 heavy (non-hydrogen) atoms. The van der Waals surface area contributed by atoms with Crippen molar-refractivity contribution in [3.05, 3.63) is 5.82 Å². The van der Waals surface area contributed by atoms with Gasteiger partial charge in [0.2, 0.25) is 5.75 Å². The minimum Gasteiger partial charge on any atom is -0.501 e. The highest BCUT2D eigenvalue weighted by Crippen LogP contribution is 2.26. The highest BCUT2D eigenvalue weighted by atomic mass is 16.3. The minimum absolute atomic E-state index is 0.0675. The second-order valence-electron chi connectivity index (χ2n) is 1.90. The molecule has 0 aromatic carbocycles. The van der Waals surface area contributed by atoms with E-state index in [4.69, 9.17) is 21.7 Å². The predicted octanol–water partition coefficient (Wildman–Crippen LogP) is -1.07. The Balaban J connectivity index is 3.21. The molecule has 1 heterocycles. The largest absolute Gasteiger partial charge is 0.501 e. The molecule has 1 aromatic heterocycles. The Hall–Kier alpha value is -1.56. The smallest absolute Gasteiger partial charge is 0.260 e. The lowest BCUT2D eigenvalue weighted by atomic mass is 10.5. The predicted molar refractivity (Wildman–Crippen MR) is 37.7 cm³/mol. The van der Waals surface area contributed by atoms with Gasteiger partial charge in [-0.05, 0) is 0 Å². The molecule has 60 valence electrons. The molecule has 1 aromatic rings. The summed E-state index contributed by atoms with van der Waals surface area (Å²) in [5, 5.41) is 17.8. The van der Waals surface area contributed by atoms with Crippen LogP contribution in [0.3, 0.4) is 0 Å². The van der Waals surface area contributed by atoms with Crippen molar-refractivity contribution in [1.82, 2.24) is 9.97 Å². The van der Waals surface area contributed by atoms with Crippen LogP contribution in [-0.4, -0.2) is 20.2 Å². The SMILES string of the molecule is NCc1nc(N)c(O)c(O)n1. The topological polar surface area (TPSA) is 118 Å². The third kappa shape index (κ3) is 1.30. The van der Waals surface area contributed by atoms with E-state index in [2.05, 4.69) is 9.97 Å². The lowest BCUT2D eigenvalue weighted by Crippen LogP contribution is -2.05. The first-order chi connectivity index (χ1) is 5.15. The summed E-state index contributed by atoms with van der Waals surface area (Å²) in [6.45, 7) is 0.0675. The van der Waals surface area contributed by atoms with Gasteiger partial charge >= 0.3 is 0 Å². The van der Waals surface area contributed by atoms with E-state index in [1.807, 2.05) is 0 Å². The van der Waals surface area contributed by atoms with Crippen molar-refractivity contribution in [2.24, 2.45) is 5.73 Å². The van der Waals surface area contributed by atoms with Crippen LogP contribution in [0, 0.1) is 0 Å². The van der Waals surface area contributed by atoms with Gasteiger partial charge in [0.1, 0.15) is 5.82 Å². The molecule has 1 rings (SSSR count). The molecule has 0 spiro atoms. The molecule has 0 unspecified atom stereocenters. The fourth-order valence-corrected chi connectivity index (χ4v) is 0.598. The number of aromatic hydroxyl groups is 2. The fourth-order valence-electron chi connectivity index (χ4n) is 0.598. The molecule has 0 radical (unpaired) electrons. The summed E-state index contributed by atoms with van der Waals surface area (Å²) in [6, 6.07) is 0. The monoisotopic (exact) mass is 156 g/mol. The molecule has 0 aliphatic rings. The highest BCUT2D eigenvalue weighted by Gasteiger charge is 2.07. The summed E-state index contributed by atoms with van der Waals surface area (Å²) in [7, 11) is 0. The van der Waals surface area contributed by atoms with E-state index < -0.39 is 11.6 Å². The maximum atomic E-state index is 8.89. The van der Waals surface area contributed by atoms with Crippen molar-refractivity contribution >= 4 is 5.82 Å². The Morgan fingerprint density at radius 2 is 1.91 bits per heavy atom. The maximum Gasteiger partial charge on any atom is 0.260 e. The lowest BCUT2D eigenvalue weighted by Gasteiger charge is -2.01. The summed E-state index contributed by atoms with van der Waals surface area (Å²) in [6.07, 6.45) is 0. The molecule has 0 bridgehead atoms. The van der Waals surface area contributed by atoms with E-state index in [-0.39, 0.29) is 18.2 Å². The summed E-state index contributed by atoms with van der Waals surface area (Å²) < 4.78 is 0. The molecule has 0 atom stereocenters. The molecule has 0 saturated carbocycles. The first-order valence-electron chi connectivity index (χ1n) is 2.89. The second-order valence-corrected chi connectivity index (χ2v) is 1.90. The zero-order valence-electron chi connectivity index (χ0n) is 5.65. The van der Waals surface area contributed by atoms with E-state index >= 15 is 0 Å². The lowest BCUT2D eigenvalue weighted by molar-refractivity contribution is 0.386. The van der Waals surface area contributed by atoms with Gasteiger partial charge in [0.05, 0.1) is 6.54 Å². The van der Waals surface area contributed by atoms with E-state index in [0.717, 1.165) is 0 Å². The van der Waals surface area contributed by atoms with E-state index in [1.165, 1.54) is 0 Å². The van der Waals surface area contributed by atoms with Crippen molar-refractivity contribution in [3.63, 3.8) is 0 Å². The highest BCUT2D eigenvalue weighted by molar-refractivity contribution is 5.50. The Bertz CT molecular complexity index is 252. The van der Waals surface area contributed by atoms with Gasteiger partial charge in [0, 0.05) is 0 Å². The molecular formula is C5H8N4O2. The van der Waals surface area contributed by atoms with Gasteiger partial charge in [0.15, 0.2) is 5.82 Å². The summed E-state index contributed by atoms with van der Waals surface area (Å²) in [5.74, 6) is -1.03. The molecule has 6 nitrogen and oxygen atoms in total. The standard InChI is InChI=1S/C5H8N4O2/c6-1-2-8-4(7)3(10)5(11)9-2/h10H,1,6H2,(H3,7,8,9,11). The number of anilines is 1. The zero-order valence-corrected chi connectivity index (χ0v) is 5.65. The number of hydrogen-bond donors (Lipinski definition) is 4. The fraction of sp³-hybridized carbons (Fsp3) is 0.200. The second kappa shape index (κ2) is 2.59. The Kier molecular flexibility index (Phi) is 1.77. The number of rotatable bonds is 1. The molecule has 0 amide bonds. The number of nitrogen functional groups attached to an aromatic ring is 1. The molecule has 6 heteroatoms. The van der Waals surface area contributed by atoms with Crippen molar-refractivity contribution in [2.75, 3.05) is 5.73 Å². The van der Waals surface area contributed by atoms with Crippen LogP contribution in [0.4, 0.5) is 5.82 Å². The van der Waals surface area contributed by atoms with Gasteiger partial charge in [0.25, 0.3) is 5.88 Å². The van der Waals surface area contributed by atoms with Crippen LogP contribution in [0.15, 0.2) is 0 Å².